The van der Waals surface area contributed by atoms with E-state index in [1.54, 1.807) is 30.3 Å². The number of nitro groups is 1. The molecule has 0 aromatic heterocycles. The Kier molecular flexibility index (Phi) is 8.61. The molecule has 1 unspecified atom stereocenters. The fourth-order valence-electron chi connectivity index (χ4n) is 3.71. The number of hydrogen-bond acceptors (Lipinski definition) is 5. The first-order valence-electron chi connectivity index (χ1n) is 11.0. The molecule has 0 saturated carbocycles. The highest BCUT2D eigenvalue weighted by atomic mass is 16.6. The second-order valence-electron chi connectivity index (χ2n) is 7.89. The fraction of sp³-hybridized carbons (Fsp3) is 0.259. The van der Waals surface area contributed by atoms with Crippen molar-refractivity contribution in [3.8, 4) is 11.1 Å². The van der Waals surface area contributed by atoms with Crippen molar-refractivity contribution in [1.29, 1.82) is 0 Å². The molecule has 0 radical (unpaired) electrons. The minimum Gasteiger partial charge on any atom is -0.369 e. The number of nitro benzene ring substituents is 1. The third-order valence-corrected chi connectivity index (χ3v) is 5.44. The van der Waals surface area contributed by atoms with Gasteiger partial charge in [0, 0.05) is 12.5 Å². The van der Waals surface area contributed by atoms with Crippen LogP contribution in [0.25, 0.3) is 11.1 Å². The number of Topliss-reactive ketones (excluding diaryl/α,β-unsaturated/α-hetero) is 2. The summed E-state index contributed by atoms with van der Waals surface area (Å²) in [5.74, 6) is -1.08. The molecule has 3 aromatic carbocycles. The molecule has 0 saturated heterocycles. The van der Waals surface area contributed by atoms with E-state index in [0.29, 0.717) is 30.6 Å². The van der Waals surface area contributed by atoms with Crippen molar-refractivity contribution in [3.63, 3.8) is 0 Å². The van der Waals surface area contributed by atoms with E-state index in [1.807, 2.05) is 49.4 Å². The molecule has 0 aliphatic carbocycles. The number of ether oxygens (including phenoxy) is 1. The number of para-hydroxylation sites is 1. The Bertz CT molecular complexity index is 1090. The summed E-state index contributed by atoms with van der Waals surface area (Å²) >= 11 is 0. The minimum atomic E-state index is -0.766. The second kappa shape index (κ2) is 11.8. The van der Waals surface area contributed by atoms with Crippen LogP contribution in [0.15, 0.2) is 78.9 Å². The number of hydrogen-bond donors (Lipinski definition) is 0. The van der Waals surface area contributed by atoms with Crippen LogP contribution in [0.1, 0.15) is 30.9 Å². The van der Waals surface area contributed by atoms with E-state index in [0.717, 1.165) is 11.1 Å². The Labute approximate surface area is 193 Å². The Morgan fingerprint density at radius 3 is 2.21 bits per heavy atom. The lowest BCUT2D eigenvalue weighted by atomic mass is 9.89. The smallest absolute Gasteiger partial charge is 0.277 e. The lowest BCUT2D eigenvalue weighted by molar-refractivity contribution is -0.384. The van der Waals surface area contributed by atoms with E-state index in [4.69, 9.17) is 4.74 Å². The summed E-state index contributed by atoms with van der Waals surface area (Å²) in [6.45, 7) is 2.10. The van der Waals surface area contributed by atoms with Gasteiger partial charge in [-0.3, -0.25) is 19.7 Å². The standard InChI is InChI=1S/C27H27NO5/c1-2-8-26(29)24(27(30)19-33-18-21-9-4-3-5-10-21)17-20-13-15-22(16-14-20)23-11-6-7-12-25(23)28(31)32/h3-7,9-16,24H,2,8,17-19H2,1H3. The summed E-state index contributed by atoms with van der Waals surface area (Å²) in [5.41, 5.74) is 3.06. The summed E-state index contributed by atoms with van der Waals surface area (Å²) in [7, 11) is 0. The van der Waals surface area contributed by atoms with Crippen LogP contribution in [0.2, 0.25) is 0 Å². The minimum absolute atomic E-state index is 0.0343. The van der Waals surface area contributed by atoms with Crippen LogP contribution < -0.4 is 0 Å². The average Bonchev–Trinajstić information content (AvgIpc) is 2.83. The van der Waals surface area contributed by atoms with Gasteiger partial charge in [0.15, 0.2) is 5.78 Å². The second-order valence-corrected chi connectivity index (χ2v) is 7.89. The number of ketones is 2. The monoisotopic (exact) mass is 445 g/mol. The topological polar surface area (TPSA) is 86.5 Å². The molecule has 0 N–H and O–H groups in total. The average molecular weight is 446 g/mol. The van der Waals surface area contributed by atoms with Crippen molar-refractivity contribution in [1.82, 2.24) is 0 Å². The summed E-state index contributed by atoms with van der Waals surface area (Å²) < 4.78 is 5.58. The quantitative estimate of drug-likeness (QED) is 0.206. The predicted molar refractivity (Wildman–Crippen MR) is 127 cm³/mol. The molecule has 6 heteroatoms. The molecule has 1 atom stereocenters. The zero-order valence-corrected chi connectivity index (χ0v) is 18.6. The summed E-state index contributed by atoms with van der Waals surface area (Å²) in [6.07, 6.45) is 1.29. The van der Waals surface area contributed by atoms with Crippen molar-refractivity contribution in [2.75, 3.05) is 6.61 Å². The van der Waals surface area contributed by atoms with Gasteiger partial charge in [-0.05, 0) is 35.6 Å². The Morgan fingerprint density at radius 1 is 0.879 bits per heavy atom. The van der Waals surface area contributed by atoms with E-state index in [-0.39, 0.29) is 30.3 Å². The van der Waals surface area contributed by atoms with Crippen LogP contribution in [0.4, 0.5) is 5.69 Å². The molecule has 0 aliphatic heterocycles. The number of carbonyl (C=O) groups is 2. The van der Waals surface area contributed by atoms with Crippen LogP contribution in [0.5, 0.6) is 0 Å². The Hall–Kier alpha value is -3.64. The highest BCUT2D eigenvalue weighted by Gasteiger charge is 2.26. The number of carbonyl (C=O) groups excluding carboxylic acids is 2. The third-order valence-electron chi connectivity index (χ3n) is 5.44. The van der Waals surface area contributed by atoms with Crippen LogP contribution in [-0.2, 0) is 27.4 Å². The Balaban J connectivity index is 1.70. The third kappa shape index (κ3) is 6.67. The number of benzene rings is 3. The molecule has 0 aliphatic rings. The van der Waals surface area contributed by atoms with Gasteiger partial charge in [-0.1, -0.05) is 73.7 Å². The number of rotatable bonds is 12. The molecule has 3 aromatic rings. The van der Waals surface area contributed by atoms with E-state index in [1.165, 1.54) is 6.07 Å². The lowest BCUT2D eigenvalue weighted by Crippen LogP contribution is -2.29. The van der Waals surface area contributed by atoms with Crippen molar-refractivity contribution in [3.05, 3.63) is 100 Å². The molecule has 6 nitrogen and oxygen atoms in total. The maximum atomic E-state index is 12.8. The van der Waals surface area contributed by atoms with E-state index in [9.17, 15) is 19.7 Å². The predicted octanol–water partition coefficient (Wildman–Crippen LogP) is 5.58. The highest BCUT2D eigenvalue weighted by Crippen LogP contribution is 2.30. The molecule has 0 amide bonds. The fourth-order valence-corrected chi connectivity index (χ4v) is 3.71. The normalized spacial score (nSPS) is 11.7. The van der Waals surface area contributed by atoms with E-state index >= 15 is 0 Å². The Morgan fingerprint density at radius 2 is 1.55 bits per heavy atom. The molecule has 33 heavy (non-hydrogen) atoms. The first-order chi connectivity index (χ1) is 16.0. The molecular formula is C27H27NO5. The summed E-state index contributed by atoms with van der Waals surface area (Å²) in [6, 6.07) is 23.3. The van der Waals surface area contributed by atoms with Gasteiger partial charge in [0.2, 0.25) is 0 Å². The van der Waals surface area contributed by atoms with Gasteiger partial charge in [-0.15, -0.1) is 0 Å². The van der Waals surface area contributed by atoms with Crippen LogP contribution in [0, 0.1) is 16.0 Å². The van der Waals surface area contributed by atoms with Gasteiger partial charge in [0.05, 0.1) is 23.0 Å². The first-order valence-corrected chi connectivity index (χ1v) is 11.0. The zero-order valence-electron chi connectivity index (χ0n) is 18.6. The maximum absolute atomic E-state index is 12.8. The maximum Gasteiger partial charge on any atom is 0.277 e. The summed E-state index contributed by atoms with van der Waals surface area (Å²) in [4.78, 5) is 36.4. The van der Waals surface area contributed by atoms with Crippen molar-refractivity contribution < 1.29 is 19.2 Å². The first kappa shape index (κ1) is 24.0. The van der Waals surface area contributed by atoms with Gasteiger partial charge in [-0.2, -0.15) is 0 Å². The molecular weight excluding hydrogens is 418 g/mol. The molecule has 0 spiro atoms. The largest absolute Gasteiger partial charge is 0.369 e. The molecule has 3 rings (SSSR count). The van der Waals surface area contributed by atoms with E-state index in [2.05, 4.69) is 0 Å². The molecule has 0 bridgehead atoms. The highest BCUT2D eigenvalue weighted by molar-refractivity contribution is 6.03. The molecule has 0 heterocycles. The van der Waals surface area contributed by atoms with Gasteiger partial charge in [0.1, 0.15) is 12.4 Å². The van der Waals surface area contributed by atoms with Crippen molar-refractivity contribution >= 4 is 17.3 Å². The SMILES string of the molecule is CCCC(=O)C(Cc1ccc(-c2ccccc2[N+](=O)[O-])cc1)C(=O)COCc1ccccc1. The van der Waals surface area contributed by atoms with Crippen LogP contribution in [-0.4, -0.2) is 23.1 Å². The lowest BCUT2D eigenvalue weighted by Gasteiger charge is -2.15. The van der Waals surface area contributed by atoms with Crippen molar-refractivity contribution in [2.45, 2.75) is 32.8 Å². The zero-order chi connectivity index (χ0) is 23.6. The van der Waals surface area contributed by atoms with Crippen LogP contribution >= 0.6 is 0 Å². The van der Waals surface area contributed by atoms with Gasteiger partial charge >= 0.3 is 0 Å². The van der Waals surface area contributed by atoms with Crippen LogP contribution in [0.3, 0.4) is 0 Å². The van der Waals surface area contributed by atoms with E-state index < -0.39 is 10.8 Å². The molecule has 0 fully saturated rings. The van der Waals surface area contributed by atoms with Gasteiger partial charge in [-0.25, -0.2) is 0 Å². The van der Waals surface area contributed by atoms with Gasteiger partial charge in [0.25, 0.3) is 5.69 Å². The molecule has 170 valence electrons. The summed E-state index contributed by atoms with van der Waals surface area (Å²) in [5, 5.41) is 11.3. The van der Waals surface area contributed by atoms with Gasteiger partial charge < -0.3 is 4.74 Å². The van der Waals surface area contributed by atoms with Crippen molar-refractivity contribution in [2.24, 2.45) is 5.92 Å². The number of nitrogens with zero attached hydrogens (tertiary/aromatic N) is 1.